The first-order valence-electron chi connectivity index (χ1n) is 7.66. The van der Waals surface area contributed by atoms with Gasteiger partial charge in [-0.25, -0.2) is 18.2 Å². The normalized spacial score (nSPS) is 16.3. The van der Waals surface area contributed by atoms with Gasteiger partial charge < -0.3 is 5.32 Å². The molecule has 2 aromatic carbocycles. The maximum Gasteiger partial charge on any atom is 0.248 e. The zero-order valence-electron chi connectivity index (χ0n) is 13.1. The molecule has 2 heterocycles. The van der Waals surface area contributed by atoms with Crippen LogP contribution in [0.2, 0.25) is 0 Å². The molecule has 0 radical (unpaired) electrons. The number of carbonyl (C=O) groups is 2. The van der Waals surface area contributed by atoms with Crippen LogP contribution in [0.3, 0.4) is 0 Å². The Hall–Kier alpha value is -3.36. The molecule has 1 aromatic heterocycles. The molecule has 0 fully saturated rings. The standard InChI is InChI=1S/C17H11F3N4O2/c18-9-5-8(6-10(19)15(9)20)21-16(26)13-7-14(25)23-17-22-11-3-1-2-4-12(11)24(13)17/h1-6,13H,7H2,(H,21,26)(H,22,23,25). The SMILES string of the molecule is O=C1CC(C(=O)Nc2cc(F)c(F)c(F)c2)n2c(nc3ccccc32)N1. The van der Waals surface area contributed by atoms with Crippen LogP contribution in [0.25, 0.3) is 11.0 Å². The molecule has 0 spiro atoms. The zero-order valence-corrected chi connectivity index (χ0v) is 13.1. The minimum atomic E-state index is -1.62. The lowest BCUT2D eigenvalue weighted by molar-refractivity contribution is -0.124. The van der Waals surface area contributed by atoms with Crippen LogP contribution in [-0.2, 0) is 9.59 Å². The third kappa shape index (κ3) is 2.57. The van der Waals surface area contributed by atoms with Gasteiger partial charge in [0.2, 0.25) is 17.8 Å². The van der Waals surface area contributed by atoms with Crippen LogP contribution in [-0.4, -0.2) is 21.4 Å². The van der Waals surface area contributed by atoms with Crippen LogP contribution in [0.4, 0.5) is 24.8 Å². The summed E-state index contributed by atoms with van der Waals surface area (Å²) in [4.78, 5) is 28.8. The first-order valence-corrected chi connectivity index (χ1v) is 7.66. The molecule has 26 heavy (non-hydrogen) atoms. The summed E-state index contributed by atoms with van der Waals surface area (Å²) in [6.45, 7) is 0. The Morgan fingerprint density at radius 1 is 1.19 bits per heavy atom. The van der Waals surface area contributed by atoms with Crippen molar-refractivity contribution in [2.24, 2.45) is 0 Å². The number of para-hydroxylation sites is 2. The van der Waals surface area contributed by atoms with E-state index in [1.165, 1.54) is 0 Å². The first-order chi connectivity index (χ1) is 12.4. The van der Waals surface area contributed by atoms with Gasteiger partial charge in [-0.3, -0.25) is 19.5 Å². The number of carbonyl (C=O) groups excluding carboxylic acids is 2. The second-order valence-corrected chi connectivity index (χ2v) is 5.81. The average Bonchev–Trinajstić information content (AvgIpc) is 2.96. The van der Waals surface area contributed by atoms with Crippen LogP contribution < -0.4 is 10.6 Å². The Balaban J connectivity index is 1.72. The molecule has 9 heteroatoms. The van der Waals surface area contributed by atoms with Gasteiger partial charge in [-0.05, 0) is 12.1 Å². The van der Waals surface area contributed by atoms with Crippen molar-refractivity contribution in [2.75, 3.05) is 10.6 Å². The van der Waals surface area contributed by atoms with Crippen molar-refractivity contribution in [3.8, 4) is 0 Å². The summed E-state index contributed by atoms with van der Waals surface area (Å²) < 4.78 is 41.3. The van der Waals surface area contributed by atoms with E-state index in [1.807, 2.05) is 0 Å². The fourth-order valence-electron chi connectivity index (χ4n) is 2.95. The summed E-state index contributed by atoms with van der Waals surface area (Å²) in [5.41, 5.74) is 0.962. The lowest BCUT2D eigenvalue weighted by Gasteiger charge is -2.25. The highest BCUT2D eigenvalue weighted by Gasteiger charge is 2.33. The van der Waals surface area contributed by atoms with Crippen molar-refractivity contribution < 1.29 is 22.8 Å². The lowest BCUT2D eigenvalue weighted by atomic mass is 10.1. The van der Waals surface area contributed by atoms with Gasteiger partial charge in [0.15, 0.2) is 17.5 Å². The third-order valence-electron chi connectivity index (χ3n) is 4.09. The number of hydrogen-bond acceptors (Lipinski definition) is 3. The van der Waals surface area contributed by atoms with Gasteiger partial charge in [-0.2, -0.15) is 0 Å². The number of benzene rings is 2. The molecule has 1 atom stereocenters. The van der Waals surface area contributed by atoms with Crippen LogP contribution in [0.1, 0.15) is 12.5 Å². The zero-order chi connectivity index (χ0) is 18.4. The fourth-order valence-corrected chi connectivity index (χ4v) is 2.95. The van der Waals surface area contributed by atoms with E-state index in [9.17, 15) is 22.8 Å². The van der Waals surface area contributed by atoms with Gasteiger partial charge in [0.25, 0.3) is 0 Å². The van der Waals surface area contributed by atoms with Crippen molar-refractivity contribution in [1.82, 2.24) is 9.55 Å². The predicted molar refractivity (Wildman–Crippen MR) is 87.0 cm³/mol. The smallest absolute Gasteiger partial charge is 0.248 e. The predicted octanol–water partition coefficient (Wildman–Crippen LogP) is 2.98. The lowest BCUT2D eigenvalue weighted by Crippen LogP contribution is -2.35. The van der Waals surface area contributed by atoms with E-state index in [4.69, 9.17) is 0 Å². The molecule has 0 aliphatic carbocycles. The summed E-state index contributed by atoms with van der Waals surface area (Å²) >= 11 is 0. The monoisotopic (exact) mass is 360 g/mol. The van der Waals surface area contributed by atoms with E-state index in [0.717, 1.165) is 0 Å². The molecule has 0 bridgehead atoms. The topological polar surface area (TPSA) is 76.0 Å². The number of aromatic nitrogens is 2. The number of imidazole rings is 1. The number of nitrogens with one attached hydrogen (secondary N) is 2. The number of amides is 2. The molecule has 1 aliphatic heterocycles. The van der Waals surface area contributed by atoms with Gasteiger partial charge >= 0.3 is 0 Å². The number of nitrogens with zero attached hydrogens (tertiary/aromatic N) is 2. The Morgan fingerprint density at radius 3 is 2.62 bits per heavy atom. The molecule has 6 nitrogen and oxygen atoms in total. The van der Waals surface area contributed by atoms with E-state index in [1.54, 1.807) is 28.8 Å². The summed E-state index contributed by atoms with van der Waals surface area (Å²) in [7, 11) is 0. The number of rotatable bonds is 2. The first kappa shape index (κ1) is 16.1. The van der Waals surface area contributed by atoms with Crippen molar-refractivity contribution in [2.45, 2.75) is 12.5 Å². The molecule has 3 aromatic rings. The molecule has 1 aliphatic rings. The number of anilines is 2. The largest absolute Gasteiger partial charge is 0.324 e. The molecule has 4 rings (SSSR count). The van der Waals surface area contributed by atoms with Gasteiger partial charge in [-0.1, -0.05) is 12.1 Å². The van der Waals surface area contributed by atoms with Crippen LogP contribution in [0, 0.1) is 17.5 Å². The molecular weight excluding hydrogens is 349 g/mol. The highest BCUT2D eigenvalue weighted by Crippen LogP contribution is 2.31. The van der Waals surface area contributed by atoms with Gasteiger partial charge in [0.1, 0.15) is 6.04 Å². The molecule has 0 saturated heterocycles. The maximum atomic E-state index is 13.3. The highest BCUT2D eigenvalue weighted by atomic mass is 19.2. The summed E-state index contributed by atoms with van der Waals surface area (Å²) in [5.74, 6) is -5.34. The van der Waals surface area contributed by atoms with E-state index < -0.39 is 35.3 Å². The number of hydrogen-bond donors (Lipinski definition) is 2. The highest BCUT2D eigenvalue weighted by molar-refractivity contribution is 6.02. The second-order valence-electron chi connectivity index (χ2n) is 5.81. The van der Waals surface area contributed by atoms with Crippen LogP contribution in [0.15, 0.2) is 36.4 Å². The molecule has 1 unspecified atom stereocenters. The van der Waals surface area contributed by atoms with E-state index in [0.29, 0.717) is 23.2 Å². The molecule has 0 saturated carbocycles. The van der Waals surface area contributed by atoms with Gasteiger partial charge in [-0.15, -0.1) is 0 Å². The van der Waals surface area contributed by atoms with Crippen molar-refractivity contribution in [3.05, 3.63) is 53.8 Å². The maximum absolute atomic E-state index is 13.3. The average molecular weight is 360 g/mol. The van der Waals surface area contributed by atoms with Crippen LogP contribution >= 0.6 is 0 Å². The molecule has 2 N–H and O–H groups in total. The third-order valence-corrected chi connectivity index (χ3v) is 4.09. The van der Waals surface area contributed by atoms with Crippen molar-refractivity contribution >= 4 is 34.5 Å². The molecule has 2 amide bonds. The van der Waals surface area contributed by atoms with Crippen molar-refractivity contribution in [3.63, 3.8) is 0 Å². The van der Waals surface area contributed by atoms with Gasteiger partial charge in [0, 0.05) is 17.8 Å². The van der Waals surface area contributed by atoms with E-state index in [2.05, 4.69) is 15.6 Å². The van der Waals surface area contributed by atoms with Crippen LogP contribution in [0.5, 0.6) is 0 Å². The second kappa shape index (κ2) is 5.87. The van der Waals surface area contributed by atoms with E-state index in [-0.39, 0.29) is 18.1 Å². The van der Waals surface area contributed by atoms with E-state index >= 15 is 0 Å². The van der Waals surface area contributed by atoms with Crippen molar-refractivity contribution in [1.29, 1.82) is 0 Å². The summed E-state index contributed by atoms with van der Waals surface area (Å²) in [6, 6.07) is 7.36. The Kier molecular flexibility index (Phi) is 3.64. The number of halogens is 3. The quantitative estimate of drug-likeness (QED) is 0.690. The number of fused-ring (bicyclic) bond motifs is 3. The summed E-state index contributed by atoms with van der Waals surface area (Å²) in [6.07, 6.45) is -0.175. The molecular formula is C17H11F3N4O2. The summed E-state index contributed by atoms with van der Waals surface area (Å²) in [5, 5.41) is 4.91. The Labute approximate surface area is 144 Å². The minimum absolute atomic E-state index is 0.175. The minimum Gasteiger partial charge on any atom is -0.324 e. The Morgan fingerprint density at radius 2 is 1.88 bits per heavy atom. The Bertz CT molecular complexity index is 1040. The van der Waals surface area contributed by atoms with Gasteiger partial charge in [0.05, 0.1) is 17.5 Å². The molecule has 132 valence electrons. The fraction of sp³-hybridized carbons (Fsp3) is 0.118.